The van der Waals surface area contributed by atoms with Gasteiger partial charge in [-0.05, 0) is 68.2 Å². The molecule has 3 heterocycles. The van der Waals surface area contributed by atoms with E-state index in [0.717, 1.165) is 27.9 Å². The predicted molar refractivity (Wildman–Crippen MR) is 148 cm³/mol. The molecule has 2 aromatic carbocycles. The van der Waals surface area contributed by atoms with Crippen LogP contribution in [-0.2, 0) is 11.5 Å². The molecule has 0 bridgehead atoms. The number of nitrogens with two attached hydrogens (primary N) is 1. The number of anilines is 1. The summed E-state index contributed by atoms with van der Waals surface area (Å²) in [5, 5.41) is 10.6. The molecular weight excluding hydrogens is 491 g/mol. The average molecular weight is 523 g/mol. The van der Waals surface area contributed by atoms with Gasteiger partial charge in [0.2, 0.25) is 0 Å². The molecule has 10 heteroatoms. The molecule has 8 nitrogen and oxygen atoms in total. The van der Waals surface area contributed by atoms with Crippen molar-refractivity contribution in [2.24, 2.45) is 0 Å². The molecule has 0 fully saturated rings. The van der Waals surface area contributed by atoms with E-state index in [1.165, 1.54) is 12.1 Å². The van der Waals surface area contributed by atoms with E-state index in [1.807, 2.05) is 42.2 Å². The lowest BCUT2D eigenvalue weighted by Crippen LogP contribution is -2.12. The smallest absolute Gasteiger partial charge is 0.166 e. The van der Waals surface area contributed by atoms with Crippen molar-refractivity contribution in [3.05, 3.63) is 72.4 Å². The van der Waals surface area contributed by atoms with Crippen molar-refractivity contribution < 1.29 is 13.9 Å². The van der Waals surface area contributed by atoms with Crippen molar-refractivity contribution in [2.45, 2.75) is 19.8 Å². The number of rotatable bonds is 9. The maximum Gasteiger partial charge on any atom is 0.166 e. The van der Waals surface area contributed by atoms with Gasteiger partial charge >= 0.3 is 0 Å². The number of hydrogen-bond acceptors (Lipinski definition) is 6. The number of nitrogen functional groups attached to an aromatic ring is 1. The Kier molecular flexibility index (Phi) is 6.78. The van der Waals surface area contributed by atoms with Crippen LogP contribution in [0.4, 0.5) is 10.2 Å². The van der Waals surface area contributed by atoms with E-state index in [2.05, 4.69) is 33.9 Å². The van der Waals surface area contributed by atoms with Crippen LogP contribution in [-0.4, -0.2) is 55.7 Å². The van der Waals surface area contributed by atoms with Gasteiger partial charge in [0.15, 0.2) is 11.6 Å². The quantitative estimate of drug-likeness (QED) is 0.264. The Hall–Kier alpha value is -3.63. The van der Waals surface area contributed by atoms with Gasteiger partial charge in [-0.3, -0.25) is 0 Å². The zero-order valence-corrected chi connectivity index (χ0v) is 22.2. The van der Waals surface area contributed by atoms with Gasteiger partial charge in [0, 0.05) is 34.5 Å². The molecule has 5 rings (SSSR count). The second-order valence-corrected chi connectivity index (χ2v) is 14.5. The summed E-state index contributed by atoms with van der Waals surface area (Å²) in [5.74, 6) is 1.33. The van der Waals surface area contributed by atoms with Crippen LogP contribution in [0.25, 0.3) is 27.5 Å². The second kappa shape index (κ2) is 10.0. The third kappa shape index (κ3) is 5.55. The van der Waals surface area contributed by atoms with Crippen LogP contribution in [0.15, 0.2) is 61.1 Å². The van der Waals surface area contributed by atoms with Gasteiger partial charge < -0.3 is 15.2 Å². The molecule has 3 aromatic heterocycles. The Morgan fingerprint density at radius 3 is 2.68 bits per heavy atom. The van der Waals surface area contributed by atoms with Gasteiger partial charge in [-0.1, -0.05) is 0 Å². The highest BCUT2D eigenvalue weighted by molar-refractivity contribution is 8.32. The van der Waals surface area contributed by atoms with Crippen LogP contribution in [0.3, 0.4) is 0 Å². The van der Waals surface area contributed by atoms with Gasteiger partial charge in [0.1, 0.15) is 18.7 Å². The van der Waals surface area contributed by atoms with Crippen LogP contribution >= 0.6 is 10.0 Å². The Bertz CT molecular complexity index is 1540. The van der Waals surface area contributed by atoms with Gasteiger partial charge in [0.25, 0.3) is 0 Å². The maximum atomic E-state index is 13.8. The molecular formula is C27H31FN6O2S. The molecule has 0 spiro atoms. The fourth-order valence-corrected chi connectivity index (χ4v) is 4.74. The first-order valence-electron chi connectivity index (χ1n) is 11.9. The zero-order valence-electron chi connectivity index (χ0n) is 21.4. The highest BCUT2D eigenvalue weighted by atomic mass is 32.3. The van der Waals surface area contributed by atoms with Gasteiger partial charge in [-0.15, -0.1) is 0 Å². The lowest BCUT2D eigenvalue weighted by molar-refractivity contribution is 0.0840. The minimum atomic E-state index is -0.623. The first kappa shape index (κ1) is 25.0. The van der Waals surface area contributed by atoms with E-state index in [1.54, 1.807) is 23.0 Å². The van der Waals surface area contributed by atoms with E-state index in [4.69, 9.17) is 15.2 Å². The normalized spacial score (nSPS) is 13.3. The molecule has 0 aliphatic rings. The van der Waals surface area contributed by atoms with Gasteiger partial charge in [-0.25, -0.2) is 28.8 Å². The Labute approximate surface area is 216 Å². The molecule has 194 valence electrons. The average Bonchev–Trinajstić information content (AvgIpc) is 3.51. The number of ether oxygens (including phenoxy) is 2. The number of fused-ring (bicyclic) bond motifs is 2. The highest BCUT2D eigenvalue weighted by Gasteiger charge is 2.19. The maximum absolute atomic E-state index is 13.8. The van der Waals surface area contributed by atoms with E-state index >= 15 is 0 Å². The summed E-state index contributed by atoms with van der Waals surface area (Å²) in [6.45, 7) is 2.99. The molecule has 0 aliphatic heterocycles. The molecule has 0 saturated heterocycles. The molecule has 0 saturated carbocycles. The molecule has 37 heavy (non-hydrogen) atoms. The van der Waals surface area contributed by atoms with Crippen molar-refractivity contribution >= 4 is 37.7 Å². The van der Waals surface area contributed by atoms with Crippen LogP contribution in [0.5, 0.6) is 5.75 Å². The predicted octanol–water partition coefficient (Wildman–Crippen LogP) is 5.30. The number of aromatic nitrogens is 5. The molecule has 2 N–H and O–H groups in total. The highest BCUT2D eigenvalue weighted by Crippen LogP contribution is 2.35. The third-order valence-corrected chi connectivity index (χ3v) is 7.50. The van der Waals surface area contributed by atoms with E-state index in [0.29, 0.717) is 30.0 Å². The zero-order chi connectivity index (χ0) is 26.2. The molecule has 0 radical (unpaired) electrons. The summed E-state index contributed by atoms with van der Waals surface area (Å²) < 4.78 is 29.7. The third-order valence-electron chi connectivity index (χ3n) is 6.11. The van der Waals surface area contributed by atoms with Gasteiger partial charge in [-0.2, -0.15) is 10.2 Å². The molecule has 0 amide bonds. The Morgan fingerprint density at radius 1 is 1.08 bits per heavy atom. The van der Waals surface area contributed by atoms with Crippen LogP contribution in [0.2, 0.25) is 0 Å². The monoisotopic (exact) mass is 522 g/mol. The molecule has 5 aromatic rings. The Balaban J connectivity index is 1.48. The van der Waals surface area contributed by atoms with Crippen molar-refractivity contribution in [1.29, 1.82) is 0 Å². The largest absolute Gasteiger partial charge is 0.482 e. The number of pyridine rings is 1. The van der Waals surface area contributed by atoms with E-state index < -0.39 is 16.1 Å². The first-order valence-corrected chi connectivity index (χ1v) is 15.0. The molecule has 0 aliphatic carbocycles. The number of benzene rings is 2. The SMILES string of the molecule is CC(Oc1cc2cc(F)ccc2nc1N)c1cc2c(cnn2COCCS(C)(C)C)cc1-n1cccn1. The lowest BCUT2D eigenvalue weighted by Gasteiger charge is -2.24. The van der Waals surface area contributed by atoms with Crippen LogP contribution in [0, 0.1) is 5.82 Å². The van der Waals surface area contributed by atoms with Crippen molar-refractivity contribution in [2.75, 3.05) is 36.9 Å². The first-order chi connectivity index (χ1) is 17.7. The summed E-state index contributed by atoms with van der Waals surface area (Å²) in [7, 11) is -0.623. The molecule has 1 unspecified atom stereocenters. The van der Waals surface area contributed by atoms with Crippen molar-refractivity contribution in [3.8, 4) is 11.4 Å². The summed E-state index contributed by atoms with van der Waals surface area (Å²) >= 11 is 0. The van der Waals surface area contributed by atoms with Gasteiger partial charge in [0.05, 0.1) is 29.5 Å². The lowest BCUT2D eigenvalue weighted by atomic mass is 10.1. The van der Waals surface area contributed by atoms with E-state index in [-0.39, 0.29) is 11.6 Å². The fourth-order valence-electron chi connectivity index (χ4n) is 4.12. The minimum absolute atomic E-state index is 0.243. The van der Waals surface area contributed by atoms with Crippen molar-refractivity contribution in [1.82, 2.24) is 24.5 Å². The number of hydrogen-bond donors (Lipinski definition) is 1. The molecule has 1 atom stereocenters. The minimum Gasteiger partial charge on any atom is -0.482 e. The Morgan fingerprint density at radius 2 is 1.92 bits per heavy atom. The number of nitrogens with zero attached hydrogens (tertiary/aromatic N) is 5. The topological polar surface area (TPSA) is 93.0 Å². The standard InChI is InChI=1S/C27H31FN6O2S/c1-18(36-26-14-19-12-21(28)6-7-23(19)32-27(26)29)22-15-24-20(13-25(22)33-9-5-8-30-33)16-31-34(24)17-35-10-11-37(2,3)4/h5-9,12-16,18H,10-11,17H2,1-4H3,(H2,29,32). The summed E-state index contributed by atoms with van der Waals surface area (Å²) in [6, 6.07) is 12.1. The van der Waals surface area contributed by atoms with Crippen molar-refractivity contribution in [3.63, 3.8) is 0 Å². The summed E-state index contributed by atoms with van der Waals surface area (Å²) in [4.78, 5) is 4.39. The van der Waals surface area contributed by atoms with Crippen LogP contribution in [0.1, 0.15) is 18.6 Å². The second-order valence-electron chi connectivity index (χ2n) is 9.87. The van der Waals surface area contributed by atoms with E-state index in [9.17, 15) is 4.39 Å². The van der Waals surface area contributed by atoms with Crippen LogP contribution < -0.4 is 10.5 Å². The summed E-state index contributed by atoms with van der Waals surface area (Å²) in [6.07, 6.45) is 11.8. The number of halogens is 1. The summed E-state index contributed by atoms with van der Waals surface area (Å²) in [5.41, 5.74) is 9.48. The fraction of sp³-hybridized carbons (Fsp3) is 0.296.